The molecule has 3 nitrogen and oxygen atoms in total. The van der Waals surface area contributed by atoms with E-state index >= 15 is 0 Å². The van der Waals surface area contributed by atoms with Crippen molar-refractivity contribution in [2.45, 2.75) is 84.0 Å². The van der Waals surface area contributed by atoms with E-state index < -0.39 is 17.4 Å². The standard InChI is InChI=1S/C29H40F2O3/c1-3-5-19-6-7-24-16-23(13-12-22(24)15-19)20-8-10-21(11-9-20)29(32)34-25-17-26(30)28(27(31)18-25)33-14-4-2/h4,17-24H,2-3,5-16H2,1H3. The summed E-state index contributed by atoms with van der Waals surface area (Å²) < 4.78 is 38.7. The molecule has 3 fully saturated rings. The van der Waals surface area contributed by atoms with Crippen LogP contribution in [0.4, 0.5) is 8.78 Å². The Hall–Kier alpha value is -1.91. The van der Waals surface area contributed by atoms with Gasteiger partial charge in [0.1, 0.15) is 12.4 Å². The molecule has 3 aliphatic carbocycles. The maximum absolute atomic E-state index is 14.2. The third-order valence-corrected chi connectivity index (χ3v) is 8.77. The summed E-state index contributed by atoms with van der Waals surface area (Å²) in [7, 11) is 0. The van der Waals surface area contributed by atoms with Gasteiger partial charge in [-0.2, -0.15) is 0 Å². The first-order valence-corrected chi connectivity index (χ1v) is 13.4. The summed E-state index contributed by atoms with van der Waals surface area (Å²) in [5.41, 5.74) is 0. The number of ether oxygens (including phenoxy) is 2. The molecule has 1 aromatic rings. The summed E-state index contributed by atoms with van der Waals surface area (Å²) >= 11 is 0. The Kier molecular flexibility index (Phi) is 8.65. The van der Waals surface area contributed by atoms with Crippen molar-refractivity contribution in [2.24, 2.45) is 35.5 Å². The van der Waals surface area contributed by atoms with Crippen LogP contribution in [0.3, 0.4) is 0 Å². The number of benzene rings is 1. The van der Waals surface area contributed by atoms with Crippen molar-refractivity contribution in [3.8, 4) is 11.5 Å². The molecule has 188 valence electrons. The molecule has 0 radical (unpaired) electrons. The summed E-state index contributed by atoms with van der Waals surface area (Å²) in [6.07, 6.45) is 16.2. The zero-order chi connectivity index (χ0) is 24.1. The molecule has 4 atom stereocenters. The van der Waals surface area contributed by atoms with Crippen LogP contribution in [0.2, 0.25) is 0 Å². The van der Waals surface area contributed by atoms with Gasteiger partial charge in [-0.1, -0.05) is 38.8 Å². The second-order valence-electron chi connectivity index (χ2n) is 10.9. The van der Waals surface area contributed by atoms with E-state index in [4.69, 9.17) is 9.47 Å². The van der Waals surface area contributed by atoms with Gasteiger partial charge in [-0.15, -0.1) is 0 Å². The van der Waals surface area contributed by atoms with Gasteiger partial charge in [0.05, 0.1) is 5.92 Å². The van der Waals surface area contributed by atoms with E-state index in [2.05, 4.69) is 13.5 Å². The Morgan fingerprint density at radius 2 is 1.53 bits per heavy atom. The topological polar surface area (TPSA) is 35.5 Å². The summed E-state index contributed by atoms with van der Waals surface area (Å²) in [5.74, 6) is 1.40. The second-order valence-corrected chi connectivity index (χ2v) is 10.9. The summed E-state index contributed by atoms with van der Waals surface area (Å²) in [5, 5.41) is 0. The fraction of sp³-hybridized carbons (Fsp3) is 0.690. The van der Waals surface area contributed by atoms with Gasteiger partial charge in [-0.25, -0.2) is 8.78 Å². The van der Waals surface area contributed by atoms with Crippen LogP contribution in [0.15, 0.2) is 24.8 Å². The highest BCUT2D eigenvalue weighted by Crippen LogP contribution is 2.49. The fourth-order valence-electron chi connectivity index (χ4n) is 7.02. The third kappa shape index (κ3) is 6.01. The molecule has 0 heterocycles. The molecule has 0 aliphatic heterocycles. The van der Waals surface area contributed by atoms with Gasteiger partial charge < -0.3 is 9.47 Å². The lowest BCUT2D eigenvalue weighted by molar-refractivity contribution is -0.140. The van der Waals surface area contributed by atoms with Gasteiger partial charge >= 0.3 is 5.97 Å². The first-order chi connectivity index (χ1) is 16.5. The highest BCUT2D eigenvalue weighted by atomic mass is 19.1. The molecule has 3 aliphatic rings. The van der Waals surface area contributed by atoms with Gasteiger partial charge in [-0.05, 0) is 87.4 Å². The molecular formula is C29H40F2O3. The molecule has 0 amide bonds. The Morgan fingerprint density at radius 1 is 0.941 bits per heavy atom. The number of fused-ring (bicyclic) bond motifs is 1. The summed E-state index contributed by atoms with van der Waals surface area (Å²) in [4.78, 5) is 12.7. The van der Waals surface area contributed by atoms with Crippen molar-refractivity contribution in [1.29, 1.82) is 0 Å². The van der Waals surface area contributed by atoms with Crippen LogP contribution in [0.5, 0.6) is 11.5 Å². The van der Waals surface area contributed by atoms with Crippen molar-refractivity contribution in [3.05, 3.63) is 36.4 Å². The average Bonchev–Trinajstić information content (AvgIpc) is 2.83. The normalized spacial score (nSPS) is 31.4. The van der Waals surface area contributed by atoms with Crippen molar-refractivity contribution in [2.75, 3.05) is 6.61 Å². The van der Waals surface area contributed by atoms with E-state index in [-0.39, 0.29) is 24.2 Å². The average molecular weight is 475 g/mol. The Morgan fingerprint density at radius 3 is 2.18 bits per heavy atom. The lowest BCUT2D eigenvalue weighted by Crippen LogP contribution is -2.35. The number of rotatable bonds is 8. The van der Waals surface area contributed by atoms with E-state index in [0.717, 1.165) is 61.5 Å². The van der Waals surface area contributed by atoms with Crippen LogP contribution in [-0.2, 0) is 4.79 Å². The predicted molar refractivity (Wildman–Crippen MR) is 130 cm³/mol. The number of halogens is 2. The Labute approximate surface area is 203 Å². The van der Waals surface area contributed by atoms with Crippen LogP contribution in [-0.4, -0.2) is 12.6 Å². The Bertz CT molecular complexity index is 823. The van der Waals surface area contributed by atoms with Crippen LogP contribution >= 0.6 is 0 Å². The van der Waals surface area contributed by atoms with Gasteiger partial charge in [-0.3, -0.25) is 4.79 Å². The quantitative estimate of drug-likeness (QED) is 0.218. The summed E-state index contributed by atoms with van der Waals surface area (Å²) in [6, 6.07) is 2.03. The zero-order valence-corrected chi connectivity index (χ0v) is 20.6. The van der Waals surface area contributed by atoms with Crippen molar-refractivity contribution in [1.82, 2.24) is 0 Å². The molecule has 5 heteroatoms. The van der Waals surface area contributed by atoms with Crippen LogP contribution in [0.1, 0.15) is 84.0 Å². The molecule has 1 aromatic carbocycles. The molecule has 0 bridgehead atoms. The van der Waals surface area contributed by atoms with Gasteiger partial charge in [0, 0.05) is 12.1 Å². The third-order valence-electron chi connectivity index (χ3n) is 8.77. The van der Waals surface area contributed by atoms with Crippen molar-refractivity contribution >= 4 is 5.97 Å². The summed E-state index contributed by atoms with van der Waals surface area (Å²) in [6.45, 7) is 5.77. The van der Waals surface area contributed by atoms with Crippen LogP contribution < -0.4 is 9.47 Å². The Balaban J connectivity index is 1.25. The minimum Gasteiger partial charge on any atom is -0.483 e. The SMILES string of the molecule is C=CCOc1c(F)cc(OC(=O)C2CCC(C3CCC4CC(CCC)CCC4C3)CC2)cc1F. The lowest BCUT2D eigenvalue weighted by atomic mass is 9.60. The smallest absolute Gasteiger partial charge is 0.314 e. The lowest BCUT2D eigenvalue weighted by Gasteiger charge is -2.45. The molecule has 0 aromatic heterocycles. The molecule has 4 unspecified atom stereocenters. The van der Waals surface area contributed by atoms with E-state index in [1.165, 1.54) is 57.4 Å². The van der Waals surface area contributed by atoms with E-state index in [9.17, 15) is 13.6 Å². The molecule has 0 spiro atoms. The first kappa shape index (κ1) is 25.2. The predicted octanol–water partition coefficient (Wildman–Crippen LogP) is 7.87. The first-order valence-electron chi connectivity index (χ1n) is 13.4. The van der Waals surface area contributed by atoms with E-state index in [1.807, 2.05) is 0 Å². The number of esters is 1. The van der Waals surface area contributed by atoms with Crippen molar-refractivity contribution < 1.29 is 23.0 Å². The molecule has 34 heavy (non-hydrogen) atoms. The maximum atomic E-state index is 14.2. The molecular weight excluding hydrogens is 434 g/mol. The highest BCUT2D eigenvalue weighted by molar-refractivity contribution is 5.75. The monoisotopic (exact) mass is 474 g/mol. The van der Waals surface area contributed by atoms with E-state index in [0.29, 0.717) is 5.92 Å². The van der Waals surface area contributed by atoms with Crippen LogP contribution in [0, 0.1) is 47.1 Å². The van der Waals surface area contributed by atoms with Crippen LogP contribution in [0.25, 0.3) is 0 Å². The molecule has 4 rings (SSSR count). The van der Waals surface area contributed by atoms with Crippen molar-refractivity contribution in [3.63, 3.8) is 0 Å². The molecule has 0 N–H and O–H groups in total. The molecule has 3 saturated carbocycles. The zero-order valence-electron chi connectivity index (χ0n) is 20.6. The highest BCUT2D eigenvalue weighted by Gasteiger charge is 2.39. The second kappa shape index (κ2) is 11.7. The number of carbonyl (C=O) groups excluding carboxylic acids is 1. The number of hydrogen-bond donors (Lipinski definition) is 0. The fourth-order valence-corrected chi connectivity index (χ4v) is 7.02. The largest absolute Gasteiger partial charge is 0.483 e. The number of hydrogen-bond acceptors (Lipinski definition) is 3. The molecule has 0 saturated heterocycles. The van der Waals surface area contributed by atoms with Gasteiger partial charge in [0.2, 0.25) is 0 Å². The maximum Gasteiger partial charge on any atom is 0.314 e. The van der Waals surface area contributed by atoms with Gasteiger partial charge in [0.15, 0.2) is 17.4 Å². The number of carbonyl (C=O) groups is 1. The van der Waals surface area contributed by atoms with Gasteiger partial charge in [0.25, 0.3) is 0 Å². The van der Waals surface area contributed by atoms with E-state index in [1.54, 1.807) is 0 Å². The minimum absolute atomic E-state index is 0.00200. The minimum atomic E-state index is -0.882.